The van der Waals surface area contributed by atoms with Gasteiger partial charge in [-0.05, 0) is 12.8 Å². The number of rotatable bonds is 2. The molecule has 0 spiro atoms. The van der Waals surface area contributed by atoms with Crippen molar-refractivity contribution in [3.05, 3.63) is 24.2 Å². The van der Waals surface area contributed by atoms with Crippen LogP contribution in [0.3, 0.4) is 0 Å². The van der Waals surface area contributed by atoms with E-state index in [1.165, 1.54) is 0 Å². The van der Waals surface area contributed by atoms with Crippen molar-refractivity contribution >= 4 is 5.91 Å². The molecule has 1 saturated heterocycles. The third-order valence-electron chi connectivity index (χ3n) is 2.59. The number of carbonyl (C=O) groups excluding carboxylic acids is 1. The Kier molecular flexibility index (Phi) is 2.75. The van der Waals surface area contributed by atoms with Crippen LogP contribution in [0.1, 0.15) is 12.8 Å². The minimum absolute atomic E-state index is 0.00549. The Morgan fingerprint density at radius 3 is 3.00 bits per heavy atom. The van der Waals surface area contributed by atoms with Crippen LogP contribution in [0.2, 0.25) is 0 Å². The lowest BCUT2D eigenvalue weighted by Gasteiger charge is -2.21. The third kappa shape index (κ3) is 2.03. The van der Waals surface area contributed by atoms with E-state index >= 15 is 0 Å². The van der Waals surface area contributed by atoms with Gasteiger partial charge in [-0.2, -0.15) is 0 Å². The molecule has 0 unspecified atom stereocenters. The van der Waals surface area contributed by atoms with Crippen LogP contribution in [0.15, 0.2) is 24.2 Å². The van der Waals surface area contributed by atoms with Gasteiger partial charge in [-0.15, -0.1) is 0 Å². The lowest BCUT2D eigenvalue weighted by Crippen LogP contribution is -2.38. The van der Waals surface area contributed by atoms with E-state index in [9.17, 15) is 4.79 Å². The summed E-state index contributed by atoms with van der Waals surface area (Å²) in [6, 6.07) is 0. The minimum Gasteiger partial charge on any atom is -0.394 e. The molecule has 0 aromatic heterocycles. The lowest BCUT2D eigenvalue weighted by molar-refractivity contribution is -0.118. The molecular formula is C10H14N2O3. The number of hydrogen-bond acceptors (Lipinski definition) is 4. The summed E-state index contributed by atoms with van der Waals surface area (Å²) in [6.07, 6.45) is 2.80. The van der Waals surface area contributed by atoms with Gasteiger partial charge in [0.25, 0.3) is 5.91 Å². The molecule has 15 heavy (non-hydrogen) atoms. The van der Waals surface area contributed by atoms with Crippen molar-refractivity contribution in [2.75, 3.05) is 6.61 Å². The molecule has 2 aliphatic rings. The van der Waals surface area contributed by atoms with Crippen LogP contribution < -0.4 is 10.6 Å². The van der Waals surface area contributed by atoms with Crippen molar-refractivity contribution in [3.63, 3.8) is 0 Å². The van der Waals surface area contributed by atoms with E-state index in [1.54, 1.807) is 6.20 Å². The standard InChI is InChI=1S/C10H14N2O3/c1-6-11-4-8(10(14)12-6)9-3-2-7(5-13)15-9/h4,7,9,11,13H,1-3,5H2,(H,12,14)/t7-,9+/m0/s1. The highest BCUT2D eigenvalue weighted by Crippen LogP contribution is 2.25. The zero-order valence-electron chi connectivity index (χ0n) is 8.32. The zero-order chi connectivity index (χ0) is 10.8. The number of nitrogens with one attached hydrogen (secondary N) is 2. The summed E-state index contributed by atoms with van der Waals surface area (Å²) in [7, 11) is 0. The van der Waals surface area contributed by atoms with Crippen molar-refractivity contribution in [2.24, 2.45) is 0 Å². The second-order valence-corrected chi connectivity index (χ2v) is 3.68. The van der Waals surface area contributed by atoms with Crippen LogP contribution in [-0.2, 0) is 9.53 Å². The average Bonchev–Trinajstić information content (AvgIpc) is 2.66. The van der Waals surface area contributed by atoms with Crippen molar-refractivity contribution in [1.82, 2.24) is 10.6 Å². The van der Waals surface area contributed by atoms with Gasteiger partial charge in [0.05, 0.1) is 24.4 Å². The van der Waals surface area contributed by atoms with Crippen molar-refractivity contribution in [2.45, 2.75) is 25.0 Å². The highest BCUT2D eigenvalue weighted by molar-refractivity contribution is 5.96. The lowest BCUT2D eigenvalue weighted by atomic mass is 10.1. The maximum absolute atomic E-state index is 11.6. The third-order valence-corrected chi connectivity index (χ3v) is 2.59. The summed E-state index contributed by atoms with van der Waals surface area (Å²) >= 11 is 0. The summed E-state index contributed by atoms with van der Waals surface area (Å²) in [6.45, 7) is 3.59. The van der Waals surface area contributed by atoms with Gasteiger partial charge in [-0.25, -0.2) is 0 Å². The Bertz CT molecular complexity index is 325. The summed E-state index contributed by atoms with van der Waals surface area (Å²) in [5.41, 5.74) is 0.568. The smallest absolute Gasteiger partial charge is 0.256 e. The van der Waals surface area contributed by atoms with E-state index < -0.39 is 0 Å². The van der Waals surface area contributed by atoms with Crippen LogP contribution >= 0.6 is 0 Å². The van der Waals surface area contributed by atoms with Crippen molar-refractivity contribution < 1.29 is 14.6 Å². The molecule has 0 saturated carbocycles. The van der Waals surface area contributed by atoms with Gasteiger partial charge >= 0.3 is 0 Å². The molecule has 0 aliphatic carbocycles. The van der Waals surface area contributed by atoms with Gasteiger partial charge in [0.2, 0.25) is 0 Å². The predicted octanol–water partition coefficient (Wildman–Crippen LogP) is -0.399. The molecule has 1 fully saturated rings. The fourth-order valence-electron chi connectivity index (χ4n) is 1.78. The van der Waals surface area contributed by atoms with Crippen LogP contribution in [0.5, 0.6) is 0 Å². The molecule has 0 bridgehead atoms. The molecule has 3 N–H and O–H groups in total. The normalized spacial score (nSPS) is 30.9. The molecule has 2 aliphatic heterocycles. The molecule has 1 amide bonds. The first-order valence-electron chi connectivity index (χ1n) is 4.94. The molecule has 0 radical (unpaired) electrons. The van der Waals surface area contributed by atoms with Gasteiger partial charge in [0, 0.05) is 6.20 Å². The number of aliphatic hydroxyl groups excluding tert-OH is 1. The number of amides is 1. The van der Waals surface area contributed by atoms with Crippen LogP contribution in [-0.4, -0.2) is 29.8 Å². The SMILES string of the molecule is C=C1NC=C([C@H]2CC[C@@H](CO)O2)C(=O)N1. The van der Waals surface area contributed by atoms with E-state index in [2.05, 4.69) is 17.2 Å². The Balaban J connectivity index is 2.05. The zero-order valence-corrected chi connectivity index (χ0v) is 8.32. The molecule has 82 valence electrons. The monoisotopic (exact) mass is 210 g/mol. The van der Waals surface area contributed by atoms with Crippen LogP contribution in [0, 0.1) is 0 Å². The summed E-state index contributed by atoms with van der Waals surface area (Å²) < 4.78 is 5.51. The van der Waals surface area contributed by atoms with Gasteiger partial charge in [0.15, 0.2) is 0 Å². The second kappa shape index (κ2) is 4.04. The first kappa shape index (κ1) is 10.2. The first-order valence-corrected chi connectivity index (χ1v) is 4.94. The molecule has 2 heterocycles. The molecule has 0 aromatic carbocycles. The Morgan fingerprint density at radius 1 is 1.60 bits per heavy atom. The van der Waals surface area contributed by atoms with Crippen molar-refractivity contribution in [1.29, 1.82) is 0 Å². The molecule has 2 atom stereocenters. The quantitative estimate of drug-likeness (QED) is 0.580. The fraction of sp³-hybridized carbons (Fsp3) is 0.500. The fourth-order valence-corrected chi connectivity index (χ4v) is 1.78. The highest BCUT2D eigenvalue weighted by Gasteiger charge is 2.32. The van der Waals surface area contributed by atoms with Gasteiger partial charge < -0.3 is 20.5 Å². The van der Waals surface area contributed by atoms with Gasteiger partial charge in [-0.3, -0.25) is 4.79 Å². The maximum atomic E-state index is 11.6. The summed E-state index contributed by atoms with van der Waals surface area (Å²) in [5, 5.41) is 14.3. The summed E-state index contributed by atoms with van der Waals surface area (Å²) in [4.78, 5) is 11.6. The number of hydrogen-bond donors (Lipinski definition) is 3. The molecule has 5 heteroatoms. The van der Waals surface area contributed by atoms with Crippen molar-refractivity contribution in [3.8, 4) is 0 Å². The summed E-state index contributed by atoms with van der Waals surface area (Å²) in [5.74, 6) is 0.294. The molecule has 5 nitrogen and oxygen atoms in total. The van der Waals surface area contributed by atoms with E-state index in [-0.39, 0.29) is 24.7 Å². The highest BCUT2D eigenvalue weighted by atomic mass is 16.5. The maximum Gasteiger partial charge on any atom is 0.256 e. The van der Waals surface area contributed by atoms with E-state index in [0.717, 1.165) is 12.8 Å². The Hall–Kier alpha value is -1.33. The van der Waals surface area contributed by atoms with E-state index in [4.69, 9.17) is 9.84 Å². The van der Waals surface area contributed by atoms with Gasteiger partial charge in [-0.1, -0.05) is 6.58 Å². The van der Waals surface area contributed by atoms with Gasteiger partial charge in [0.1, 0.15) is 5.82 Å². The van der Waals surface area contributed by atoms with E-state index in [0.29, 0.717) is 11.4 Å². The largest absolute Gasteiger partial charge is 0.394 e. The van der Waals surface area contributed by atoms with Crippen LogP contribution in [0.4, 0.5) is 0 Å². The molecular weight excluding hydrogens is 196 g/mol. The topological polar surface area (TPSA) is 70.6 Å². The molecule has 2 rings (SSSR count). The number of aliphatic hydroxyl groups is 1. The average molecular weight is 210 g/mol. The molecule has 0 aromatic rings. The first-order chi connectivity index (χ1) is 7.20. The number of ether oxygens (including phenoxy) is 1. The predicted molar refractivity (Wildman–Crippen MR) is 53.5 cm³/mol. The van der Waals surface area contributed by atoms with Crippen LogP contribution in [0.25, 0.3) is 0 Å². The Labute approximate surface area is 87.8 Å². The minimum atomic E-state index is -0.220. The van der Waals surface area contributed by atoms with E-state index in [1.807, 2.05) is 0 Å². The number of carbonyl (C=O) groups is 1. The Morgan fingerprint density at radius 2 is 2.40 bits per heavy atom. The second-order valence-electron chi connectivity index (χ2n) is 3.68.